The number of ether oxygens (including phenoxy) is 1. The van der Waals surface area contributed by atoms with E-state index in [2.05, 4.69) is 0 Å². The van der Waals surface area contributed by atoms with Crippen LogP contribution in [0.4, 0.5) is 4.39 Å². The van der Waals surface area contributed by atoms with Crippen LogP contribution in [0.2, 0.25) is 10.2 Å². The van der Waals surface area contributed by atoms with Crippen LogP contribution >= 0.6 is 34.8 Å². The van der Waals surface area contributed by atoms with Crippen LogP contribution < -0.4 is 4.74 Å². The lowest BCUT2D eigenvalue weighted by molar-refractivity contribution is 0.108. The summed E-state index contributed by atoms with van der Waals surface area (Å²) in [4.78, 5) is 11.1. The molecular weight excluding hydrogens is 354 g/mol. The Hall–Kier alpha value is -1.75. The van der Waals surface area contributed by atoms with Gasteiger partial charge in [0.2, 0.25) is 0 Å². The van der Waals surface area contributed by atoms with Crippen molar-refractivity contribution in [1.82, 2.24) is 0 Å². The van der Waals surface area contributed by atoms with Crippen LogP contribution in [0.25, 0.3) is 11.0 Å². The van der Waals surface area contributed by atoms with Crippen LogP contribution in [-0.2, 0) is 0 Å². The average Bonchev–Trinajstić information content (AvgIpc) is 2.78. The van der Waals surface area contributed by atoms with E-state index in [0.717, 1.165) is 6.07 Å². The smallest absolute Gasteiger partial charge is 0.253 e. The second-order valence-corrected chi connectivity index (χ2v) is 5.51. The summed E-state index contributed by atoms with van der Waals surface area (Å²) >= 11 is 17.1. The monoisotopic (exact) mass is 358 g/mol. The van der Waals surface area contributed by atoms with Gasteiger partial charge in [-0.05, 0) is 41.4 Å². The fourth-order valence-electron chi connectivity index (χ4n) is 1.98. The molecule has 112 valence electrons. The molecule has 1 heterocycles. The van der Waals surface area contributed by atoms with E-state index < -0.39 is 11.1 Å². The summed E-state index contributed by atoms with van der Waals surface area (Å²) in [6.45, 7) is 0. The molecule has 0 aliphatic heterocycles. The number of furan rings is 1. The van der Waals surface area contributed by atoms with E-state index in [0.29, 0.717) is 16.7 Å². The SMILES string of the molecule is O=C(Cl)c1ccc(Oc2cc(F)cc3cc(Cl)oc23)cc1Cl. The van der Waals surface area contributed by atoms with E-state index in [1.165, 1.54) is 30.3 Å². The Kier molecular flexibility index (Phi) is 4.00. The number of fused-ring (bicyclic) bond motifs is 1. The summed E-state index contributed by atoms with van der Waals surface area (Å²) in [7, 11) is 0. The Labute approximate surface area is 139 Å². The summed E-state index contributed by atoms with van der Waals surface area (Å²) in [6, 6.07) is 8.23. The van der Waals surface area contributed by atoms with Crippen LogP contribution in [0.5, 0.6) is 11.5 Å². The van der Waals surface area contributed by atoms with Crippen LogP contribution in [0.1, 0.15) is 10.4 Å². The van der Waals surface area contributed by atoms with Gasteiger partial charge in [0, 0.05) is 23.6 Å². The quantitative estimate of drug-likeness (QED) is 0.534. The van der Waals surface area contributed by atoms with Gasteiger partial charge in [0.15, 0.2) is 16.6 Å². The molecule has 0 radical (unpaired) electrons. The van der Waals surface area contributed by atoms with E-state index in [4.69, 9.17) is 44.0 Å². The maximum absolute atomic E-state index is 13.6. The minimum atomic E-state index is -0.678. The van der Waals surface area contributed by atoms with E-state index in [1.54, 1.807) is 0 Å². The summed E-state index contributed by atoms with van der Waals surface area (Å²) < 4.78 is 24.5. The predicted octanol–water partition coefficient (Wildman–Crippen LogP) is 6.05. The lowest BCUT2D eigenvalue weighted by Crippen LogP contribution is -1.92. The summed E-state index contributed by atoms with van der Waals surface area (Å²) in [5.41, 5.74) is 0.459. The van der Waals surface area contributed by atoms with E-state index in [1.807, 2.05) is 0 Å². The second kappa shape index (κ2) is 5.80. The van der Waals surface area contributed by atoms with E-state index in [-0.39, 0.29) is 21.6 Å². The molecule has 22 heavy (non-hydrogen) atoms. The van der Waals surface area contributed by atoms with E-state index >= 15 is 0 Å². The van der Waals surface area contributed by atoms with Gasteiger partial charge in [0.1, 0.15) is 11.6 Å². The van der Waals surface area contributed by atoms with Gasteiger partial charge in [0.05, 0.1) is 10.6 Å². The number of benzene rings is 2. The molecule has 7 heteroatoms. The Morgan fingerprint density at radius 3 is 2.59 bits per heavy atom. The Morgan fingerprint density at radius 1 is 1.14 bits per heavy atom. The van der Waals surface area contributed by atoms with Gasteiger partial charge in [-0.3, -0.25) is 4.79 Å². The number of hydrogen-bond donors (Lipinski definition) is 0. The first-order chi connectivity index (χ1) is 10.4. The molecular formula is C15H6Cl3FO3. The highest BCUT2D eigenvalue weighted by molar-refractivity contribution is 6.68. The van der Waals surface area contributed by atoms with Gasteiger partial charge in [-0.25, -0.2) is 4.39 Å². The molecule has 3 nitrogen and oxygen atoms in total. The molecule has 0 fully saturated rings. The summed E-state index contributed by atoms with van der Waals surface area (Å²) in [5.74, 6) is -0.0624. The number of halogens is 4. The van der Waals surface area contributed by atoms with E-state index in [9.17, 15) is 9.18 Å². The van der Waals surface area contributed by atoms with Crippen molar-refractivity contribution in [3.8, 4) is 11.5 Å². The standard InChI is InChI=1S/C15H6Cl3FO3/c16-11-6-9(1-2-10(11)15(18)20)21-12-5-8(19)3-7-4-13(17)22-14(7)12/h1-6H. The van der Waals surface area contributed by atoms with Crippen molar-refractivity contribution in [2.45, 2.75) is 0 Å². The van der Waals surface area contributed by atoms with Crippen molar-refractivity contribution in [2.75, 3.05) is 0 Å². The Morgan fingerprint density at radius 2 is 1.91 bits per heavy atom. The molecule has 0 aliphatic rings. The second-order valence-electron chi connectivity index (χ2n) is 4.39. The van der Waals surface area contributed by atoms with Crippen molar-refractivity contribution in [2.24, 2.45) is 0 Å². The van der Waals surface area contributed by atoms with Crippen molar-refractivity contribution < 1.29 is 18.3 Å². The maximum Gasteiger partial charge on any atom is 0.253 e. The third-order valence-electron chi connectivity index (χ3n) is 2.90. The molecule has 0 spiro atoms. The van der Waals surface area contributed by atoms with Crippen molar-refractivity contribution in [3.05, 3.63) is 58.0 Å². The van der Waals surface area contributed by atoms with Gasteiger partial charge in [-0.2, -0.15) is 0 Å². The summed E-state index contributed by atoms with van der Waals surface area (Å²) in [5, 5.41) is 0.0374. The van der Waals surface area contributed by atoms with Crippen LogP contribution in [-0.4, -0.2) is 5.24 Å². The molecule has 0 bridgehead atoms. The number of rotatable bonds is 3. The largest absolute Gasteiger partial charge is 0.453 e. The molecule has 0 amide bonds. The van der Waals surface area contributed by atoms with Gasteiger partial charge >= 0.3 is 0 Å². The van der Waals surface area contributed by atoms with Gasteiger partial charge in [-0.1, -0.05) is 11.6 Å². The van der Waals surface area contributed by atoms with Crippen molar-refractivity contribution in [3.63, 3.8) is 0 Å². The molecule has 3 rings (SSSR count). The molecule has 1 aromatic heterocycles. The maximum atomic E-state index is 13.6. The van der Waals surface area contributed by atoms with Crippen LogP contribution in [0.3, 0.4) is 0 Å². The third kappa shape index (κ3) is 2.90. The van der Waals surface area contributed by atoms with Gasteiger partial charge in [0.25, 0.3) is 5.24 Å². The zero-order valence-corrected chi connectivity index (χ0v) is 13.0. The third-order valence-corrected chi connectivity index (χ3v) is 3.60. The fraction of sp³-hybridized carbons (Fsp3) is 0. The lowest BCUT2D eigenvalue weighted by atomic mass is 10.2. The predicted molar refractivity (Wildman–Crippen MR) is 82.9 cm³/mol. The normalized spacial score (nSPS) is 10.9. The first-order valence-corrected chi connectivity index (χ1v) is 7.13. The number of carbonyl (C=O) groups is 1. The topological polar surface area (TPSA) is 39.4 Å². The molecule has 0 unspecified atom stereocenters. The van der Waals surface area contributed by atoms with Crippen molar-refractivity contribution in [1.29, 1.82) is 0 Å². The van der Waals surface area contributed by atoms with Gasteiger partial charge < -0.3 is 9.15 Å². The average molecular weight is 360 g/mol. The molecule has 3 aromatic rings. The van der Waals surface area contributed by atoms with Crippen molar-refractivity contribution >= 4 is 51.0 Å². The lowest BCUT2D eigenvalue weighted by Gasteiger charge is -2.08. The minimum Gasteiger partial charge on any atom is -0.453 e. The molecule has 2 aromatic carbocycles. The molecule has 0 saturated carbocycles. The number of hydrogen-bond acceptors (Lipinski definition) is 3. The first kappa shape index (κ1) is 15.2. The molecule has 0 aliphatic carbocycles. The first-order valence-electron chi connectivity index (χ1n) is 6.00. The highest BCUT2D eigenvalue weighted by atomic mass is 35.5. The molecule has 0 N–H and O–H groups in total. The zero-order valence-electron chi connectivity index (χ0n) is 10.7. The van der Waals surface area contributed by atoms with Crippen LogP contribution in [0.15, 0.2) is 40.8 Å². The fourth-order valence-corrected chi connectivity index (χ4v) is 2.64. The zero-order chi connectivity index (χ0) is 15.9. The minimum absolute atomic E-state index is 0.117. The highest BCUT2D eigenvalue weighted by Crippen LogP contribution is 2.35. The van der Waals surface area contributed by atoms with Gasteiger partial charge in [-0.15, -0.1) is 0 Å². The number of carbonyl (C=O) groups excluding carboxylic acids is 1. The summed E-state index contributed by atoms with van der Waals surface area (Å²) in [6.07, 6.45) is 0. The molecule has 0 saturated heterocycles. The highest BCUT2D eigenvalue weighted by Gasteiger charge is 2.14. The molecule has 0 atom stereocenters. The van der Waals surface area contributed by atoms with Crippen LogP contribution in [0, 0.1) is 5.82 Å². The Bertz CT molecular complexity index is 889. The Balaban J connectivity index is 2.03.